The van der Waals surface area contributed by atoms with Gasteiger partial charge in [0.05, 0.1) is 13.2 Å². The molecular formula is C22H25IO4. The first-order chi connectivity index (χ1) is 13.2. The monoisotopic (exact) mass is 480 g/mol. The Morgan fingerprint density at radius 2 is 1.78 bits per heavy atom. The van der Waals surface area contributed by atoms with Gasteiger partial charge >= 0.3 is 5.97 Å². The molecule has 3 rings (SSSR count). The van der Waals surface area contributed by atoms with Gasteiger partial charge < -0.3 is 14.2 Å². The van der Waals surface area contributed by atoms with E-state index in [2.05, 4.69) is 28.7 Å². The molecule has 1 atom stereocenters. The lowest BCUT2D eigenvalue weighted by Crippen LogP contribution is -2.08. The first-order valence-electron chi connectivity index (χ1n) is 9.49. The van der Waals surface area contributed by atoms with E-state index in [0.29, 0.717) is 19.6 Å². The molecule has 2 aromatic rings. The van der Waals surface area contributed by atoms with Crippen LogP contribution in [0.2, 0.25) is 0 Å². The topological polar surface area (TPSA) is 44.8 Å². The van der Waals surface area contributed by atoms with Crippen molar-refractivity contribution in [1.29, 1.82) is 0 Å². The minimum absolute atomic E-state index is 0.101. The number of ether oxygens (including phenoxy) is 3. The molecule has 0 unspecified atom stereocenters. The van der Waals surface area contributed by atoms with Crippen molar-refractivity contribution in [2.24, 2.45) is 0 Å². The van der Waals surface area contributed by atoms with Crippen LogP contribution in [0.5, 0.6) is 11.5 Å². The maximum atomic E-state index is 11.7. The lowest BCUT2D eigenvalue weighted by Gasteiger charge is -2.14. The summed E-state index contributed by atoms with van der Waals surface area (Å²) in [6.45, 7) is 3.22. The molecular weight excluding hydrogens is 455 g/mol. The summed E-state index contributed by atoms with van der Waals surface area (Å²) >= 11 is 2.28. The molecule has 1 aliphatic carbocycles. The Balaban J connectivity index is 1.43. The predicted molar refractivity (Wildman–Crippen MR) is 113 cm³/mol. The normalized spacial score (nSPS) is 15.3. The highest BCUT2D eigenvalue weighted by atomic mass is 127. The first-order valence-corrected chi connectivity index (χ1v) is 10.6. The van der Waals surface area contributed by atoms with Crippen molar-refractivity contribution in [2.75, 3.05) is 13.2 Å². The number of carbonyl (C=O) groups excluding carboxylic acids is 1. The van der Waals surface area contributed by atoms with E-state index in [4.69, 9.17) is 14.2 Å². The molecule has 0 fully saturated rings. The van der Waals surface area contributed by atoms with Gasteiger partial charge in [-0.3, -0.25) is 4.79 Å². The van der Waals surface area contributed by atoms with E-state index in [1.54, 1.807) is 0 Å². The largest absolute Gasteiger partial charge is 0.493 e. The second-order valence-corrected chi connectivity index (χ2v) is 7.88. The summed E-state index contributed by atoms with van der Waals surface area (Å²) in [6, 6.07) is 14.1. The molecule has 4 nitrogen and oxygen atoms in total. The minimum atomic E-state index is -0.108. The van der Waals surface area contributed by atoms with E-state index in [0.717, 1.165) is 42.7 Å². The van der Waals surface area contributed by atoms with Crippen LogP contribution in [-0.2, 0) is 16.0 Å². The van der Waals surface area contributed by atoms with Crippen molar-refractivity contribution in [1.82, 2.24) is 0 Å². The lowest BCUT2D eigenvalue weighted by molar-refractivity contribution is -0.149. The molecule has 0 saturated heterocycles. The highest BCUT2D eigenvalue weighted by Crippen LogP contribution is 2.36. The smallest absolute Gasteiger partial charge is 0.306 e. The summed E-state index contributed by atoms with van der Waals surface area (Å²) in [4.78, 5) is 11.7. The maximum Gasteiger partial charge on any atom is 0.306 e. The van der Waals surface area contributed by atoms with Crippen LogP contribution < -0.4 is 9.47 Å². The van der Waals surface area contributed by atoms with Crippen LogP contribution in [0.3, 0.4) is 0 Å². The Hall–Kier alpha value is -1.76. The summed E-state index contributed by atoms with van der Waals surface area (Å²) in [5, 5.41) is 0. The first kappa shape index (κ1) is 20.0. The van der Waals surface area contributed by atoms with Crippen LogP contribution >= 0.6 is 22.6 Å². The van der Waals surface area contributed by atoms with Gasteiger partial charge in [0.1, 0.15) is 17.6 Å². The zero-order valence-electron chi connectivity index (χ0n) is 15.6. The number of esters is 1. The molecule has 144 valence electrons. The van der Waals surface area contributed by atoms with E-state index in [9.17, 15) is 4.79 Å². The molecule has 0 heterocycles. The van der Waals surface area contributed by atoms with Crippen molar-refractivity contribution in [3.8, 4) is 11.5 Å². The number of hydrogen-bond donors (Lipinski definition) is 0. The third-order valence-corrected chi connectivity index (χ3v) is 5.22. The fourth-order valence-corrected chi connectivity index (χ4v) is 3.52. The van der Waals surface area contributed by atoms with Crippen LogP contribution in [0.1, 0.15) is 49.8 Å². The molecule has 0 amide bonds. The molecule has 1 aliphatic rings. The molecule has 5 heteroatoms. The number of benzene rings is 2. The van der Waals surface area contributed by atoms with Crippen molar-refractivity contribution >= 4 is 28.6 Å². The predicted octanol–water partition coefficient (Wildman–Crippen LogP) is 5.47. The van der Waals surface area contributed by atoms with Crippen LogP contribution in [0.15, 0.2) is 42.5 Å². The number of fused-ring (bicyclic) bond motifs is 1. The Bertz CT molecular complexity index is 757. The summed E-state index contributed by atoms with van der Waals surface area (Å²) in [5.74, 6) is 1.64. The SMILES string of the molecule is CCCC(=O)O[C@H]1CCc2cc(OCCCOc3ccc(I)cc3)ccc21. The van der Waals surface area contributed by atoms with Gasteiger partial charge in [-0.2, -0.15) is 0 Å². The van der Waals surface area contributed by atoms with Crippen molar-refractivity contribution in [3.63, 3.8) is 0 Å². The second kappa shape index (κ2) is 9.97. The average Bonchev–Trinajstić information content (AvgIpc) is 3.05. The summed E-state index contributed by atoms with van der Waals surface area (Å²) in [6.07, 6.45) is 3.80. The molecule has 2 aromatic carbocycles. The molecule has 0 bridgehead atoms. The maximum absolute atomic E-state index is 11.7. The van der Waals surface area contributed by atoms with Crippen molar-refractivity contribution < 1.29 is 19.0 Å². The lowest BCUT2D eigenvalue weighted by atomic mass is 10.1. The van der Waals surface area contributed by atoms with E-state index in [-0.39, 0.29) is 12.1 Å². The molecule has 0 saturated carbocycles. The van der Waals surface area contributed by atoms with Gasteiger partial charge in [0.15, 0.2) is 0 Å². The molecule has 0 aliphatic heterocycles. The second-order valence-electron chi connectivity index (χ2n) is 6.63. The van der Waals surface area contributed by atoms with Crippen LogP contribution in [0.25, 0.3) is 0 Å². The summed E-state index contributed by atoms with van der Waals surface area (Å²) in [7, 11) is 0. The van der Waals surface area contributed by atoms with Gasteiger partial charge in [-0.05, 0) is 89.4 Å². The Labute approximate surface area is 174 Å². The standard InChI is InChI=1S/C22H25IO4/c1-2-4-22(24)27-21-12-5-16-15-19(10-11-20(16)21)26-14-3-13-25-18-8-6-17(23)7-9-18/h6-11,15,21H,2-5,12-14H2,1H3/t21-/m0/s1. The fraction of sp³-hybridized carbons (Fsp3) is 0.409. The van der Waals surface area contributed by atoms with Crippen LogP contribution in [0.4, 0.5) is 0 Å². The van der Waals surface area contributed by atoms with Gasteiger partial charge in [0.2, 0.25) is 0 Å². The van der Waals surface area contributed by atoms with Gasteiger partial charge in [-0.25, -0.2) is 0 Å². The molecule has 0 radical (unpaired) electrons. The molecule has 27 heavy (non-hydrogen) atoms. The van der Waals surface area contributed by atoms with Crippen molar-refractivity contribution in [2.45, 2.75) is 45.1 Å². The van der Waals surface area contributed by atoms with Gasteiger partial charge in [-0.1, -0.05) is 13.0 Å². The van der Waals surface area contributed by atoms with E-state index in [1.165, 1.54) is 9.13 Å². The molecule has 0 N–H and O–H groups in total. The number of aryl methyl sites for hydroxylation is 1. The van der Waals surface area contributed by atoms with Gasteiger partial charge in [0.25, 0.3) is 0 Å². The molecule has 0 spiro atoms. The third-order valence-electron chi connectivity index (χ3n) is 4.50. The molecule has 0 aromatic heterocycles. The van der Waals surface area contributed by atoms with E-state index >= 15 is 0 Å². The zero-order chi connectivity index (χ0) is 19.1. The van der Waals surface area contributed by atoms with E-state index in [1.807, 2.05) is 43.3 Å². The fourth-order valence-electron chi connectivity index (χ4n) is 3.16. The van der Waals surface area contributed by atoms with Gasteiger partial charge in [0, 0.05) is 16.4 Å². The number of carbonyl (C=O) groups is 1. The number of hydrogen-bond acceptors (Lipinski definition) is 4. The summed E-state index contributed by atoms with van der Waals surface area (Å²) < 4.78 is 18.3. The Morgan fingerprint density at radius 1 is 1.07 bits per heavy atom. The average molecular weight is 480 g/mol. The zero-order valence-corrected chi connectivity index (χ0v) is 17.7. The summed E-state index contributed by atoms with van der Waals surface area (Å²) in [5.41, 5.74) is 2.34. The number of rotatable bonds is 9. The third kappa shape index (κ3) is 5.86. The minimum Gasteiger partial charge on any atom is -0.493 e. The van der Waals surface area contributed by atoms with E-state index < -0.39 is 0 Å². The Morgan fingerprint density at radius 3 is 2.52 bits per heavy atom. The quantitative estimate of drug-likeness (QED) is 0.271. The van der Waals surface area contributed by atoms with Crippen molar-refractivity contribution in [3.05, 3.63) is 57.2 Å². The van der Waals surface area contributed by atoms with Crippen LogP contribution in [0, 0.1) is 3.57 Å². The Kier molecular flexibility index (Phi) is 7.38. The van der Waals surface area contributed by atoms with Crippen LogP contribution in [-0.4, -0.2) is 19.2 Å². The van der Waals surface area contributed by atoms with Gasteiger partial charge in [-0.15, -0.1) is 0 Å². The highest BCUT2D eigenvalue weighted by molar-refractivity contribution is 14.1. The highest BCUT2D eigenvalue weighted by Gasteiger charge is 2.25. The number of halogens is 1.